The van der Waals surface area contributed by atoms with Gasteiger partial charge < -0.3 is 15.7 Å². The Balaban J connectivity index is 2.03. The fraction of sp³-hybridized carbons (Fsp3) is 0.312. The predicted molar refractivity (Wildman–Crippen MR) is 81.8 cm³/mol. The number of nitrogens with one attached hydrogen (secondary N) is 2. The van der Waals surface area contributed by atoms with E-state index in [-0.39, 0.29) is 18.5 Å². The molecule has 2 rings (SSSR count). The molecule has 0 aliphatic rings. The maximum absolute atomic E-state index is 11.8. The Kier molecular flexibility index (Phi) is 4.58. The largest absolute Gasteiger partial charge is 0.391 e. The summed E-state index contributed by atoms with van der Waals surface area (Å²) in [6.07, 6.45) is -0.534. The molecular formula is C16H20N2O2. The van der Waals surface area contributed by atoms with Gasteiger partial charge in [0.2, 0.25) is 0 Å². The highest BCUT2D eigenvalue weighted by Gasteiger charge is 2.11. The van der Waals surface area contributed by atoms with Gasteiger partial charge in [-0.1, -0.05) is 50.2 Å². The van der Waals surface area contributed by atoms with Crippen LogP contribution < -0.4 is 10.6 Å². The van der Waals surface area contributed by atoms with Gasteiger partial charge in [0.05, 0.1) is 11.8 Å². The van der Waals surface area contributed by atoms with E-state index in [1.165, 1.54) is 0 Å². The highest BCUT2D eigenvalue weighted by atomic mass is 16.3. The zero-order valence-corrected chi connectivity index (χ0v) is 11.8. The molecule has 0 aromatic heterocycles. The van der Waals surface area contributed by atoms with Crippen molar-refractivity contribution < 1.29 is 9.90 Å². The molecule has 2 amide bonds. The van der Waals surface area contributed by atoms with E-state index in [9.17, 15) is 9.90 Å². The first-order valence-corrected chi connectivity index (χ1v) is 6.78. The zero-order chi connectivity index (χ0) is 14.5. The SMILES string of the molecule is CC(C)C(O)CNC(=O)Nc1cccc2ccccc12. The van der Waals surface area contributed by atoms with Crippen LogP contribution >= 0.6 is 0 Å². The second kappa shape index (κ2) is 6.39. The first-order chi connectivity index (χ1) is 9.58. The predicted octanol–water partition coefficient (Wildman–Crippen LogP) is 2.98. The lowest BCUT2D eigenvalue weighted by Crippen LogP contribution is -2.37. The summed E-state index contributed by atoms with van der Waals surface area (Å²) in [5.41, 5.74) is 0.764. The van der Waals surface area contributed by atoms with Crippen molar-refractivity contribution in [2.24, 2.45) is 5.92 Å². The summed E-state index contributed by atoms with van der Waals surface area (Å²) in [5, 5.41) is 17.2. The van der Waals surface area contributed by atoms with Gasteiger partial charge in [-0.2, -0.15) is 0 Å². The molecule has 0 fully saturated rings. The molecular weight excluding hydrogens is 252 g/mol. The summed E-state index contributed by atoms with van der Waals surface area (Å²) >= 11 is 0. The minimum Gasteiger partial charge on any atom is -0.391 e. The zero-order valence-electron chi connectivity index (χ0n) is 11.8. The molecule has 4 nitrogen and oxygen atoms in total. The van der Waals surface area contributed by atoms with Gasteiger partial charge in [0.25, 0.3) is 0 Å². The van der Waals surface area contributed by atoms with E-state index >= 15 is 0 Å². The molecule has 1 atom stereocenters. The lowest BCUT2D eigenvalue weighted by atomic mass is 10.1. The Morgan fingerprint density at radius 3 is 2.60 bits per heavy atom. The summed E-state index contributed by atoms with van der Waals surface area (Å²) in [6, 6.07) is 13.3. The number of fused-ring (bicyclic) bond motifs is 1. The average molecular weight is 272 g/mol. The highest BCUT2D eigenvalue weighted by Crippen LogP contribution is 2.22. The average Bonchev–Trinajstić information content (AvgIpc) is 2.45. The van der Waals surface area contributed by atoms with E-state index in [4.69, 9.17) is 0 Å². The minimum absolute atomic E-state index is 0.118. The number of aliphatic hydroxyl groups excluding tert-OH is 1. The van der Waals surface area contributed by atoms with Crippen LogP contribution in [0.15, 0.2) is 42.5 Å². The van der Waals surface area contributed by atoms with Crippen molar-refractivity contribution in [1.82, 2.24) is 5.32 Å². The van der Waals surface area contributed by atoms with Crippen LogP contribution in [-0.2, 0) is 0 Å². The van der Waals surface area contributed by atoms with Crippen LogP contribution in [0.4, 0.5) is 10.5 Å². The summed E-state index contributed by atoms with van der Waals surface area (Å²) in [5.74, 6) is 0.118. The van der Waals surface area contributed by atoms with Crippen molar-refractivity contribution in [1.29, 1.82) is 0 Å². The molecule has 0 bridgehead atoms. The molecule has 0 heterocycles. The molecule has 0 aliphatic carbocycles. The number of rotatable bonds is 4. The fourth-order valence-electron chi connectivity index (χ4n) is 1.93. The Bertz CT molecular complexity index is 591. The summed E-state index contributed by atoms with van der Waals surface area (Å²) in [7, 11) is 0. The molecule has 0 radical (unpaired) electrons. The van der Waals surface area contributed by atoms with E-state index in [2.05, 4.69) is 10.6 Å². The monoisotopic (exact) mass is 272 g/mol. The van der Waals surface area contributed by atoms with E-state index in [1.807, 2.05) is 56.3 Å². The summed E-state index contributed by atoms with van der Waals surface area (Å²) in [4.78, 5) is 11.8. The van der Waals surface area contributed by atoms with Crippen LogP contribution in [0.3, 0.4) is 0 Å². The van der Waals surface area contributed by atoms with Gasteiger partial charge in [0.15, 0.2) is 0 Å². The normalized spacial score (nSPS) is 12.4. The van der Waals surface area contributed by atoms with Gasteiger partial charge in [0.1, 0.15) is 0 Å². The number of hydrogen-bond acceptors (Lipinski definition) is 2. The third kappa shape index (κ3) is 3.48. The second-order valence-corrected chi connectivity index (χ2v) is 5.17. The van der Waals surface area contributed by atoms with Crippen LogP contribution in [0.5, 0.6) is 0 Å². The molecule has 20 heavy (non-hydrogen) atoms. The number of anilines is 1. The number of aliphatic hydroxyl groups is 1. The number of hydrogen-bond donors (Lipinski definition) is 3. The maximum atomic E-state index is 11.8. The number of urea groups is 1. The highest BCUT2D eigenvalue weighted by molar-refractivity contribution is 6.01. The molecule has 2 aromatic carbocycles. The number of benzene rings is 2. The lowest BCUT2D eigenvalue weighted by molar-refractivity contribution is 0.126. The van der Waals surface area contributed by atoms with Gasteiger partial charge in [-0.25, -0.2) is 4.79 Å². The summed E-state index contributed by atoms with van der Waals surface area (Å²) < 4.78 is 0. The van der Waals surface area contributed by atoms with Crippen LogP contribution in [0.1, 0.15) is 13.8 Å². The van der Waals surface area contributed by atoms with E-state index in [1.54, 1.807) is 0 Å². The smallest absolute Gasteiger partial charge is 0.319 e. The topological polar surface area (TPSA) is 61.4 Å². The van der Waals surface area contributed by atoms with E-state index < -0.39 is 6.10 Å². The van der Waals surface area contributed by atoms with Crippen molar-refractivity contribution in [3.05, 3.63) is 42.5 Å². The molecule has 2 aromatic rings. The Morgan fingerprint density at radius 1 is 1.15 bits per heavy atom. The van der Waals surface area contributed by atoms with Crippen LogP contribution in [0, 0.1) is 5.92 Å². The third-order valence-electron chi connectivity index (χ3n) is 3.28. The molecule has 106 valence electrons. The molecule has 0 spiro atoms. The quantitative estimate of drug-likeness (QED) is 0.801. The molecule has 0 saturated carbocycles. The van der Waals surface area contributed by atoms with Gasteiger partial charge in [-0.05, 0) is 17.4 Å². The first-order valence-electron chi connectivity index (χ1n) is 6.78. The van der Waals surface area contributed by atoms with Crippen LogP contribution in [-0.4, -0.2) is 23.8 Å². The second-order valence-electron chi connectivity index (χ2n) is 5.17. The van der Waals surface area contributed by atoms with Crippen molar-refractivity contribution in [2.75, 3.05) is 11.9 Å². The summed E-state index contributed by atoms with van der Waals surface area (Å²) in [6.45, 7) is 4.07. The van der Waals surface area contributed by atoms with Crippen molar-refractivity contribution in [2.45, 2.75) is 20.0 Å². The molecule has 3 N–H and O–H groups in total. The standard InChI is InChI=1S/C16H20N2O2/c1-11(2)15(19)10-17-16(20)18-14-9-5-7-12-6-3-4-8-13(12)14/h3-9,11,15,19H,10H2,1-2H3,(H2,17,18,20). The minimum atomic E-state index is -0.534. The molecule has 1 unspecified atom stereocenters. The number of carbonyl (C=O) groups excluding carboxylic acids is 1. The van der Waals surface area contributed by atoms with E-state index in [0.29, 0.717) is 0 Å². The first kappa shape index (κ1) is 14.3. The van der Waals surface area contributed by atoms with Gasteiger partial charge >= 0.3 is 6.03 Å². The molecule has 0 aliphatic heterocycles. The Morgan fingerprint density at radius 2 is 1.85 bits per heavy atom. The number of amides is 2. The number of carbonyl (C=O) groups is 1. The van der Waals surface area contributed by atoms with Gasteiger partial charge in [0, 0.05) is 11.9 Å². The van der Waals surface area contributed by atoms with Crippen molar-refractivity contribution >= 4 is 22.5 Å². The molecule has 0 saturated heterocycles. The van der Waals surface area contributed by atoms with Gasteiger partial charge in [-0.3, -0.25) is 0 Å². The van der Waals surface area contributed by atoms with Crippen LogP contribution in [0.2, 0.25) is 0 Å². The third-order valence-corrected chi connectivity index (χ3v) is 3.28. The molecule has 4 heteroatoms. The Labute approximate surface area is 118 Å². The van der Waals surface area contributed by atoms with E-state index in [0.717, 1.165) is 16.5 Å². The van der Waals surface area contributed by atoms with Crippen LogP contribution in [0.25, 0.3) is 10.8 Å². The van der Waals surface area contributed by atoms with Crippen molar-refractivity contribution in [3.63, 3.8) is 0 Å². The Hall–Kier alpha value is -2.07. The maximum Gasteiger partial charge on any atom is 0.319 e. The van der Waals surface area contributed by atoms with Crippen molar-refractivity contribution in [3.8, 4) is 0 Å². The van der Waals surface area contributed by atoms with Gasteiger partial charge in [-0.15, -0.1) is 0 Å². The fourth-order valence-corrected chi connectivity index (χ4v) is 1.93. The lowest BCUT2D eigenvalue weighted by Gasteiger charge is -2.16.